The van der Waals surface area contributed by atoms with E-state index in [1.54, 1.807) is 12.1 Å². The van der Waals surface area contributed by atoms with Crippen LogP contribution in [0.1, 0.15) is 11.1 Å². The maximum Gasteiger partial charge on any atom is 0.0991 e. The normalized spacial score (nSPS) is 8.70. The highest BCUT2D eigenvalue weighted by molar-refractivity contribution is 6.08. The molecule has 0 N–H and O–H groups in total. The van der Waals surface area contributed by atoms with Crippen molar-refractivity contribution in [3.05, 3.63) is 35.4 Å². The van der Waals surface area contributed by atoms with Gasteiger partial charge in [-0.1, -0.05) is 24.0 Å². The Hall–Kier alpha value is -1.23. The Balaban J connectivity index is 2.93. The molecule has 0 aliphatic carbocycles. The molecular weight excluding hydrogens is 121 g/mol. The van der Waals surface area contributed by atoms with E-state index in [0.717, 1.165) is 5.56 Å². The second-order valence-electron chi connectivity index (χ2n) is 2.01. The van der Waals surface area contributed by atoms with E-state index in [9.17, 15) is 0 Å². The summed E-state index contributed by atoms with van der Waals surface area (Å²) >= 11 is 0. The van der Waals surface area contributed by atoms with Crippen molar-refractivity contribution < 1.29 is 0 Å². The van der Waals surface area contributed by atoms with E-state index in [2.05, 4.69) is 0 Å². The monoisotopic (exact) mass is 127 g/mol. The van der Waals surface area contributed by atoms with Gasteiger partial charge in [0.2, 0.25) is 0 Å². The van der Waals surface area contributed by atoms with Gasteiger partial charge in [-0.2, -0.15) is 5.26 Å². The predicted octanol–water partition coefficient (Wildman–Crippen LogP) is 1.23. The molecule has 0 saturated carbocycles. The van der Waals surface area contributed by atoms with E-state index in [0.29, 0.717) is 11.9 Å². The molecule has 1 nitrogen and oxygen atoms in total. The van der Waals surface area contributed by atoms with Crippen LogP contribution in [0.4, 0.5) is 0 Å². The zero-order chi connectivity index (χ0) is 7.40. The van der Waals surface area contributed by atoms with Crippen LogP contribution in [0.15, 0.2) is 24.3 Å². The highest BCUT2D eigenvalue weighted by atomic mass is 14.2. The Morgan fingerprint density at radius 1 is 1.30 bits per heavy atom. The summed E-state index contributed by atoms with van der Waals surface area (Å²) in [7, 11) is 5.36. The van der Waals surface area contributed by atoms with Gasteiger partial charge in [-0.25, -0.2) is 0 Å². The molecule has 1 rings (SSSR count). The maximum absolute atomic E-state index is 8.42. The molecule has 0 saturated heterocycles. The number of hydrogen-bond donors (Lipinski definition) is 0. The summed E-state index contributed by atoms with van der Waals surface area (Å²) in [6.07, 6.45) is 0.533. The molecule has 0 aliphatic heterocycles. The summed E-state index contributed by atoms with van der Waals surface area (Å²) in [6.45, 7) is 0. The first-order valence-electron chi connectivity index (χ1n) is 3.06. The highest BCUT2D eigenvalue weighted by Gasteiger charge is 1.88. The van der Waals surface area contributed by atoms with Crippen LogP contribution in [0.5, 0.6) is 0 Å². The van der Waals surface area contributed by atoms with Crippen LogP contribution in [-0.2, 0) is 6.32 Å². The Labute approximate surface area is 61.7 Å². The van der Waals surface area contributed by atoms with Gasteiger partial charge in [0, 0.05) is 0 Å². The topological polar surface area (TPSA) is 23.8 Å². The summed E-state index contributed by atoms with van der Waals surface area (Å²) in [5.41, 5.74) is 1.73. The third-order valence-electron chi connectivity index (χ3n) is 1.32. The summed E-state index contributed by atoms with van der Waals surface area (Å²) in [5.74, 6) is 0. The van der Waals surface area contributed by atoms with Crippen LogP contribution in [0, 0.1) is 11.3 Å². The van der Waals surface area contributed by atoms with Gasteiger partial charge in [-0.3, -0.25) is 0 Å². The van der Waals surface area contributed by atoms with Crippen molar-refractivity contribution in [2.75, 3.05) is 0 Å². The maximum atomic E-state index is 8.42. The van der Waals surface area contributed by atoms with Crippen molar-refractivity contribution in [2.24, 2.45) is 0 Å². The van der Waals surface area contributed by atoms with Crippen molar-refractivity contribution >= 4 is 7.85 Å². The van der Waals surface area contributed by atoms with Gasteiger partial charge in [0.1, 0.15) is 0 Å². The third-order valence-corrected chi connectivity index (χ3v) is 1.32. The SMILES string of the molecule is [B]Cc1ccc(C#N)cc1. The zero-order valence-corrected chi connectivity index (χ0v) is 5.54. The fourth-order valence-electron chi connectivity index (χ4n) is 0.715. The van der Waals surface area contributed by atoms with Crippen molar-refractivity contribution in [3.8, 4) is 6.07 Å². The zero-order valence-electron chi connectivity index (χ0n) is 5.54. The summed E-state index contributed by atoms with van der Waals surface area (Å²) in [4.78, 5) is 0. The molecule has 0 aromatic heterocycles. The fraction of sp³-hybridized carbons (Fsp3) is 0.125. The highest BCUT2D eigenvalue weighted by Crippen LogP contribution is 2.01. The second kappa shape index (κ2) is 3.07. The van der Waals surface area contributed by atoms with Gasteiger partial charge in [-0.05, 0) is 12.1 Å². The molecule has 0 atom stereocenters. The molecule has 0 amide bonds. The van der Waals surface area contributed by atoms with Crippen LogP contribution < -0.4 is 0 Å². The first-order valence-corrected chi connectivity index (χ1v) is 3.06. The van der Waals surface area contributed by atoms with Crippen molar-refractivity contribution in [2.45, 2.75) is 6.32 Å². The molecule has 0 unspecified atom stereocenters. The van der Waals surface area contributed by atoms with Crippen LogP contribution in [0.2, 0.25) is 0 Å². The number of benzene rings is 1. The minimum atomic E-state index is 0.533. The molecule has 0 fully saturated rings. The van der Waals surface area contributed by atoms with Gasteiger partial charge in [0.15, 0.2) is 0 Å². The largest absolute Gasteiger partial charge is 0.192 e. The van der Waals surface area contributed by atoms with Gasteiger partial charge >= 0.3 is 0 Å². The molecule has 10 heavy (non-hydrogen) atoms. The Kier molecular flexibility index (Phi) is 2.12. The van der Waals surface area contributed by atoms with Crippen LogP contribution >= 0.6 is 0 Å². The lowest BCUT2D eigenvalue weighted by Gasteiger charge is -1.93. The molecule has 0 aliphatic rings. The predicted molar refractivity (Wildman–Crippen MR) is 40.6 cm³/mol. The molecule has 0 heterocycles. The molecular formula is C8H6BN. The molecule has 46 valence electrons. The van der Waals surface area contributed by atoms with Gasteiger partial charge < -0.3 is 0 Å². The average molecular weight is 127 g/mol. The number of hydrogen-bond acceptors (Lipinski definition) is 1. The summed E-state index contributed by atoms with van der Waals surface area (Å²) < 4.78 is 0. The smallest absolute Gasteiger partial charge is 0.0991 e. The molecule has 2 radical (unpaired) electrons. The van der Waals surface area contributed by atoms with E-state index in [1.807, 2.05) is 18.2 Å². The van der Waals surface area contributed by atoms with Crippen molar-refractivity contribution in [1.29, 1.82) is 5.26 Å². The first-order chi connectivity index (χ1) is 4.86. The van der Waals surface area contributed by atoms with Crippen LogP contribution in [0.3, 0.4) is 0 Å². The Morgan fingerprint density at radius 2 is 1.90 bits per heavy atom. The molecule has 2 heteroatoms. The van der Waals surface area contributed by atoms with E-state index in [-0.39, 0.29) is 0 Å². The first kappa shape index (κ1) is 6.89. The lowest BCUT2D eigenvalue weighted by molar-refractivity contribution is 1.38. The van der Waals surface area contributed by atoms with Gasteiger partial charge in [0.25, 0.3) is 0 Å². The van der Waals surface area contributed by atoms with Crippen molar-refractivity contribution in [3.63, 3.8) is 0 Å². The molecule has 1 aromatic carbocycles. The number of nitriles is 1. The van der Waals surface area contributed by atoms with E-state index in [1.165, 1.54) is 0 Å². The summed E-state index contributed by atoms with van der Waals surface area (Å²) in [5, 5.41) is 8.42. The second-order valence-corrected chi connectivity index (χ2v) is 2.01. The Morgan fingerprint density at radius 3 is 2.30 bits per heavy atom. The minimum absolute atomic E-state index is 0.533. The molecule has 0 bridgehead atoms. The minimum Gasteiger partial charge on any atom is -0.192 e. The van der Waals surface area contributed by atoms with E-state index < -0.39 is 0 Å². The quantitative estimate of drug-likeness (QED) is 0.520. The fourth-order valence-corrected chi connectivity index (χ4v) is 0.715. The van der Waals surface area contributed by atoms with E-state index >= 15 is 0 Å². The lowest BCUT2D eigenvalue weighted by atomic mass is 9.96. The molecule has 0 spiro atoms. The number of rotatable bonds is 1. The van der Waals surface area contributed by atoms with Gasteiger partial charge in [0.05, 0.1) is 19.5 Å². The van der Waals surface area contributed by atoms with Crippen LogP contribution in [0.25, 0.3) is 0 Å². The third kappa shape index (κ3) is 1.38. The number of nitrogens with zero attached hydrogens (tertiary/aromatic N) is 1. The standard InChI is InChI=1S/C8H6BN/c9-5-7-1-3-8(6-10)4-2-7/h1-4H,5H2. The Bertz CT molecular complexity index is 245. The van der Waals surface area contributed by atoms with E-state index in [4.69, 9.17) is 13.1 Å². The van der Waals surface area contributed by atoms with Gasteiger partial charge in [-0.15, -0.1) is 0 Å². The average Bonchev–Trinajstić information content (AvgIpc) is 2.05. The lowest BCUT2D eigenvalue weighted by Crippen LogP contribution is -1.82. The van der Waals surface area contributed by atoms with Crippen molar-refractivity contribution in [1.82, 2.24) is 0 Å². The van der Waals surface area contributed by atoms with Crippen LogP contribution in [-0.4, -0.2) is 7.85 Å². The summed E-state index contributed by atoms with van der Waals surface area (Å²) in [6, 6.07) is 9.29. The molecule has 1 aromatic rings.